The predicted molar refractivity (Wildman–Crippen MR) is 88.3 cm³/mol. The molecular formula is C19H18N2O2. The lowest BCUT2D eigenvalue weighted by Gasteiger charge is -2.17. The van der Waals surface area contributed by atoms with Crippen LogP contribution in [0.1, 0.15) is 33.3 Å². The highest BCUT2D eigenvalue weighted by atomic mass is 16.3. The van der Waals surface area contributed by atoms with Gasteiger partial charge in [0.2, 0.25) is 0 Å². The molecule has 1 N–H and O–H groups in total. The topological polar surface area (TPSA) is 55.1 Å². The number of nitrogens with one attached hydrogen (secondary N) is 1. The summed E-state index contributed by atoms with van der Waals surface area (Å²) in [5.41, 5.74) is 3.25. The first-order chi connectivity index (χ1) is 11.2. The zero-order chi connectivity index (χ0) is 16.1. The van der Waals surface area contributed by atoms with Gasteiger partial charge < -0.3 is 9.73 Å². The summed E-state index contributed by atoms with van der Waals surface area (Å²) in [6.07, 6.45) is 3.26. The van der Waals surface area contributed by atoms with Crippen molar-refractivity contribution >= 4 is 5.91 Å². The Labute approximate surface area is 135 Å². The van der Waals surface area contributed by atoms with Crippen LogP contribution in [-0.4, -0.2) is 17.4 Å². The van der Waals surface area contributed by atoms with Crippen LogP contribution in [0.4, 0.5) is 0 Å². The summed E-state index contributed by atoms with van der Waals surface area (Å²) in [6, 6.07) is 17.5. The Bertz CT molecular complexity index is 750. The molecule has 4 heteroatoms. The molecule has 0 saturated carbocycles. The van der Waals surface area contributed by atoms with Crippen LogP contribution < -0.4 is 5.32 Å². The molecule has 1 unspecified atom stereocenters. The van der Waals surface area contributed by atoms with E-state index in [0.717, 1.165) is 11.3 Å². The van der Waals surface area contributed by atoms with Crippen LogP contribution in [0.5, 0.6) is 0 Å². The van der Waals surface area contributed by atoms with Crippen molar-refractivity contribution in [3.63, 3.8) is 0 Å². The molecule has 0 fully saturated rings. The van der Waals surface area contributed by atoms with Crippen molar-refractivity contribution in [1.82, 2.24) is 10.3 Å². The number of furan rings is 1. The molecule has 2 heterocycles. The number of aromatic nitrogens is 1. The second kappa shape index (κ2) is 6.92. The number of amides is 1. The lowest BCUT2D eigenvalue weighted by atomic mass is 9.94. The number of aryl methyl sites for hydroxylation is 1. The number of hydrogen-bond donors (Lipinski definition) is 1. The lowest BCUT2D eigenvalue weighted by Crippen LogP contribution is -2.29. The van der Waals surface area contributed by atoms with E-state index in [1.54, 1.807) is 18.3 Å². The molecule has 2 aromatic heterocycles. The van der Waals surface area contributed by atoms with Crippen LogP contribution in [0.15, 0.2) is 71.5 Å². The van der Waals surface area contributed by atoms with Gasteiger partial charge in [-0.15, -0.1) is 0 Å². The Kier molecular flexibility index (Phi) is 4.52. The van der Waals surface area contributed by atoms with Gasteiger partial charge in [-0.25, -0.2) is 0 Å². The molecule has 1 amide bonds. The summed E-state index contributed by atoms with van der Waals surface area (Å²) in [7, 11) is 0. The predicted octanol–water partition coefficient (Wildman–Crippen LogP) is 3.54. The van der Waals surface area contributed by atoms with Gasteiger partial charge >= 0.3 is 0 Å². The van der Waals surface area contributed by atoms with Crippen molar-refractivity contribution in [2.45, 2.75) is 12.8 Å². The summed E-state index contributed by atoms with van der Waals surface area (Å²) in [4.78, 5) is 16.5. The molecule has 0 radical (unpaired) electrons. The van der Waals surface area contributed by atoms with Gasteiger partial charge in [0.1, 0.15) is 0 Å². The molecule has 0 aliphatic rings. The molecule has 1 atom stereocenters. The van der Waals surface area contributed by atoms with E-state index in [1.807, 2.05) is 18.2 Å². The molecule has 1 aromatic carbocycles. The number of carbonyl (C=O) groups excluding carboxylic acids is 1. The monoisotopic (exact) mass is 306 g/mol. The highest BCUT2D eigenvalue weighted by molar-refractivity contribution is 5.91. The normalized spacial score (nSPS) is 11.9. The van der Waals surface area contributed by atoms with E-state index in [1.165, 1.54) is 11.8 Å². The second-order valence-corrected chi connectivity index (χ2v) is 5.41. The Morgan fingerprint density at radius 2 is 1.96 bits per heavy atom. The van der Waals surface area contributed by atoms with Crippen molar-refractivity contribution < 1.29 is 9.21 Å². The summed E-state index contributed by atoms with van der Waals surface area (Å²) < 4.78 is 5.13. The number of hydrogen-bond acceptors (Lipinski definition) is 3. The van der Waals surface area contributed by atoms with E-state index in [4.69, 9.17) is 4.42 Å². The minimum absolute atomic E-state index is 0.00397. The molecule has 0 spiro atoms. The number of benzene rings is 1. The van der Waals surface area contributed by atoms with Crippen LogP contribution in [0.2, 0.25) is 0 Å². The smallest absolute Gasteiger partial charge is 0.287 e. The molecule has 3 aromatic rings. The van der Waals surface area contributed by atoms with Gasteiger partial charge in [-0.05, 0) is 36.8 Å². The number of nitrogens with zero attached hydrogens (tertiary/aromatic N) is 1. The molecule has 23 heavy (non-hydrogen) atoms. The number of carbonyl (C=O) groups is 1. The first kappa shape index (κ1) is 15.0. The average Bonchev–Trinajstić information content (AvgIpc) is 3.12. The third-order valence-corrected chi connectivity index (χ3v) is 3.74. The number of rotatable bonds is 5. The Morgan fingerprint density at radius 3 is 2.61 bits per heavy atom. The molecule has 3 rings (SSSR count). The lowest BCUT2D eigenvalue weighted by molar-refractivity contribution is 0.0924. The summed E-state index contributed by atoms with van der Waals surface area (Å²) in [6.45, 7) is 2.51. The van der Waals surface area contributed by atoms with Gasteiger partial charge in [-0.3, -0.25) is 9.78 Å². The average molecular weight is 306 g/mol. The molecule has 0 bridgehead atoms. The molecule has 0 aliphatic heterocycles. The van der Waals surface area contributed by atoms with E-state index in [9.17, 15) is 4.79 Å². The highest BCUT2D eigenvalue weighted by Crippen LogP contribution is 2.22. The van der Waals surface area contributed by atoms with Crippen molar-refractivity contribution in [3.8, 4) is 0 Å². The zero-order valence-corrected chi connectivity index (χ0v) is 12.9. The summed E-state index contributed by atoms with van der Waals surface area (Å²) >= 11 is 0. The Hall–Kier alpha value is -2.88. The van der Waals surface area contributed by atoms with Gasteiger partial charge in [-0.2, -0.15) is 0 Å². The fourth-order valence-electron chi connectivity index (χ4n) is 2.46. The van der Waals surface area contributed by atoms with E-state index in [0.29, 0.717) is 12.3 Å². The molecule has 0 aliphatic carbocycles. The maximum Gasteiger partial charge on any atom is 0.287 e. The minimum Gasteiger partial charge on any atom is -0.459 e. The van der Waals surface area contributed by atoms with Crippen LogP contribution in [0.3, 0.4) is 0 Å². The van der Waals surface area contributed by atoms with E-state index >= 15 is 0 Å². The molecular weight excluding hydrogens is 288 g/mol. The van der Waals surface area contributed by atoms with Crippen molar-refractivity contribution in [2.24, 2.45) is 0 Å². The van der Waals surface area contributed by atoms with Crippen molar-refractivity contribution in [3.05, 3.63) is 89.6 Å². The van der Waals surface area contributed by atoms with E-state index in [2.05, 4.69) is 41.5 Å². The van der Waals surface area contributed by atoms with Gasteiger partial charge in [-0.1, -0.05) is 35.9 Å². The summed E-state index contributed by atoms with van der Waals surface area (Å²) in [5, 5.41) is 2.92. The van der Waals surface area contributed by atoms with Crippen LogP contribution in [-0.2, 0) is 0 Å². The molecule has 0 saturated heterocycles. The largest absolute Gasteiger partial charge is 0.459 e. The first-order valence-electron chi connectivity index (χ1n) is 7.53. The van der Waals surface area contributed by atoms with Crippen molar-refractivity contribution in [1.29, 1.82) is 0 Å². The third-order valence-electron chi connectivity index (χ3n) is 3.74. The highest BCUT2D eigenvalue weighted by Gasteiger charge is 2.17. The number of pyridine rings is 1. The van der Waals surface area contributed by atoms with Gasteiger partial charge in [0.15, 0.2) is 5.76 Å². The van der Waals surface area contributed by atoms with E-state index < -0.39 is 0 Å². The van der Waals surface area contributed by atoms with Gasteiger partial charge in [0.25, 0.3) is 5.91 Å². The standard InChI is InChI=1S/C19H18N2O2/c1-14-7-9-15(10-8-14)16(17-5-2-3-11-20-17)13-21-19(22)18-6-4-12-23-18/h2-12,16H,13H2,1H3,(H,21,22). The maximum absolute atomic E-state index is 12.1. The maximum atomic E-state index is 12.1. The summed E-state index contributed by atoms with van der Waals surface area (Å²) in [5.74, 6) is 0.0902. The Balaban J connectivity index is 1.81. The van der Waals surface area contributed by atoms with Gasteiger partial charge in [0.05, 0.1) is 6.26 Å². The van der Waals surface area contributed by atoms with Gasteiger partial charge in [0, 0.05) is 24.4 Å². The van der Waals surface area contributed by atoms with Crippen LogP contribution in [0, 0.1) is 6.92 Å². The SMILES string of the molecule is Cc1ccc(C(CNC(=O)c2ccco2)c2ccccn2)cc1. The quantitative estimate of drug-likeness (QED) is 0.784. The second-order valence-electron chi connectivity index (χ2n) is 5.41. The van der Waals surface area contributed by atoms with Crippen LogP contribution in [0.25, 0.3) is 0 Å². The minimum atomic E-state index is -0.219. The molecule has 116 valence electrons. The first-order valence-corrected chi connectivity index (χ1v) is 7.53. The molecule has 4 nitrogen and oxygen atoms in total. The van der Waals surface area contributed by atoms with Crippen molar-refractivity contribution in [2.75, 3.05) is 6.54 Å². The fraction of sp³-hybridized carbons (Fsp3) is 0.158. The zero-order valence-electron chi connectivity index (χ0n) is 12.9. The third kappa shape index (κ3) is 3.66. The Morgan fingerprint density at radius 1 is 1.13 bits per heavy atom. The fourth-order valence-corrected chi connectivity index (χ4v) is 2.46. The van der Waals surface area contributed by atoms with E-state index in [-0.39, 0.29) is 11.8 Å². The van der Waals surface area contributed by atoms with Crippen LogP contribution >= 0.6 is 0 Å².